The standard InChI is InChI=1S/C11H18F3N5.HI/c1-4-19(5-2)10(15)16-6-8-7-18(3)17-9(8)11(12,13)14;/h7H,4-6H2,1-3H3,(H2,15,16);1H. The highest BCUT2D eigenvalue weighted by Gasteiger charge is 2.36. The number of hydrogen-bond donors (Lipinski definition) is 1. The number of hydrogen-bond acceptors (Lipinski definition) is 2. The molecular weight excluding hydrogens is 386 g/mol. The Morgan fingerprint density at radius 3 is 2.40 bits per heavy atom. The van der Waals surface area contributed by atoms with Gasteiger partial charge in [0.2, 0.25) is 0 Å². The Hall–Kier alpha value is -1.00. The summed E-state index contributed by atoms with van der Waals surface area (Å²) in [6, 6.07) is 0. The van der Waals surface area contributed by atoms with Gasteiger partial charge in [-0.3, -0.25) is 4.68 Å². The van der Waals surface area contributed by atoms with E-state index in [2.05, 4.69) is 10.1 Å². The van der Waals surface area contributed by atoms with Crippen molar-refractivity contribution in [2.45, 2.75) is 26.6 Å². The summed E-state index contributed by atoms with van der Waals surface area (Å²) in [6.45, 7) is 4.98. The van der Waals surface area contributed by atoms with E-state index in [4.69, 9.17) is 5.73 Å². The van der Waals surface area contributed by atoms with Crippen LogP contribution in [0, 0.1) is 0 Å². The fourth-order valence-electron chi connectivity index (χ4n) is 1.71. The summed E-state index contributed by atoms with van der Waals surface area (Å²) < 4.78 is 39.3. The summed E-state index contributed by atoms with van der Waals surface area (Å²) in [4.78, 5) is 5.76. The van der Waals surface area contributed by atoms with Crippen molar-refractivity contribution < 1.29 is 13.2 Å². The SMILES string of the molecule is CCN(CC)C(N)=NCc1cn(C)nc1C(F)(F)F.I. The van der Waals surface area contributed by atoms with Gasteiger partial charge in [-0.05, 0) is 13.8 Å². The van der Waals surface area contributed by atoms with Crippen molar-refractivity contribution in [3.05, 3.63) is 17.5 Å². The molecule has 0 amide bonds. The highest BCUT2D eigenvalue weighted by Crippen LogP contribution is 2.30. The lowest BCUT2D eigenvalue weighted by Gasteiger charge is -2.19. The molecule has 0 aromatic carbocycles. The number of nitrogens with two attached hydrogens (primary N) is 1. The van der Waals surface area contributed by atoms with E-state index in [0.29, 0.717) is 13.1 Å². The Labute approximate surface area is 133 Å². The summed E-state index contributed by atoms with van der Waals surface area (Å²) in [5, 5.41) is 3.41. The van der Waals surface area contributed by atoms with Gasteiger partial charge in [0.1, 0.15) is 0 Å². The Bertz CT molecular complexity index is 451. The van der Waals surface area contributed by atoms with E-state index >= 15 is 0 Å². The van der Waals surface area contributed by atoms with Gasteiger partial charge in [0.05, 0.1) is 6.54 Å². The first-order valence-corrected chi connectivity index (χ1v) is 5.94. The largest absolute Gasteiger partial charge is 0.435 e. The number of nitrogens with zero attached hydrogens (tertiary/aromatic N) is 4. The molecule has 20 heavy (non-hydrogen) atoms. The molecule has 0 aliphatic heterocycles. The first-order chi connectivity index (χ1) is 8.79. The molecule has 0 unspecified atom stereocenters. The van der Waals surface area contributed by atoms with Crippen LogP contribution in [0.2, 0.25) is 0 Å². The molecule has 0 aliphatic carbocycles. The lowest BCUT2D eigenvalue weighted by atomic mass is 10.2. The molecular formula is C11H19F3IN5. The maximum atomic E-state index is 12.7. The molecule has 0 saturated heterocycles. The van der Waals surface area contributed by atoms with Crippen molar-refractivity contribution >= 4 is 29.9 Å². The lowest BCUT2D eigenvalue weighted by Crippen LogP contribution is -2.37. The molecule has 0 radical (unpaired) electrons. The van der Waals surface area contributed by atoms with Crippen molar-refractivity contribution in [2.75, 3.05) is 13.1 Å². The third kappa shape index (κ3) is 4.84. The zero-order valence-corrected chi connectivity index (χ0v) is 13.9. The number of halogens is 4. The number of guanidine groups is 1. The van der Waals surface area contributed by atoms with Crippen LogP contribution in [-0.2, 0) is 19.8 Å². The molecule has 1 rings (SSSR count). The quantitative estimate of drug-likeness (QED) is 0.475. The van der Waals surface area contributed by atoms with E-state index in [1.54, 1.807) is 4.90 Å². The van der Waals surface area contributed by atoms with Gasteiger partial charge >= 0.3 is 6.18 Å². The van der Waals surface area contributed by atoms with E-state index in [-0.39, 0.29) is 42.0 Å². The second-order valence-corrected chi connectivity index (χ2v) is 4.02. The summed E-state index contributed by atoms with van der Waals surface area (Å²) in [5.74, 6) is 0.238. The predicted molar refractivity (Wildman–Crippen MR) is 81.9 cm³/mol. The molecule has 0 atom stereocenters. The van der Waals surface area contributed by atoms with Crippen molar-refractivity contribution in [3.63, 3.8) is 0 Å². The van der Waals surface area contributed by atoms with Crippen LogP contribution in [0.1, 0.15) is 25.1 Å². The number of aliphatic imine (C=N–C) groups is 1. The minimum Gasteiger partial charge on any atom is -0.370 e. The van der Waals surface area contributed by atoms with Crippen LogP contribution in [0.15, 0.2) is 11.2 Å². The van der Waals surface area contributed by atoms with Gasteiger partial charge in [-0.15, -0.1) is 24.0 Å². The second kappa shape index (κ2) is 7.70. The van der Waals surface area contributed by atoms with Crippen LogP contribution < -0.4 is 5.73 Å². The van der Waals surface area contributed by atoms with E-state index in [0.717, 1.165) is 4.68 Å². The highest BCUT2D eigenvalue weighted by atomic mass is 127. The lowest BCUT2D eigenvalue weighted by molar-refractivity contribution is -0.142. The van der Waals surface area contributed by atoms with Gasteiger partial charge in [-0.1, -0.05) is 0 Å². The van der Waals surface area contributed by atoms with Gasteiger partial charge < -0.3 is 10.6 Å². The van der Waals surface area contributed by atoms with Crippen molar-refractivity contribution in [3.8, 4) is 0 Å². The van der Waals surface area contributed by atoms with Crippen LogP contribution in [0.3, 0.4) is 0 Å². The average molecular weight is 405 g/mol. The molecule has 0 saturated carbocycles. The summed E-state index contributed by atoms with van der Waals surface area (Å²) >= 11 is 0. The van der Waals surface area contributed by atoms with Gasteiger partial charge in [0.15, 0.2) is 11.7 Å². The van der Waals surface area contributed by atoms with E-state index in [1.807, 2.05) is 13.8 Å². The molecule has 0 spiro atoms. The molecule has 5 nitrogen and oxygen atoms in total. The maximum Gasteiger partial charge on any atom is 0.435 e. The second-order valence-electron chi connectivity index (χ2n) is 4.02. The Kier molecular flexibility index (Phi) is 7.31. The third-order valence-corrected chi connectivity index (χ3v) is 2.67. The van der Waals surface area contributed by atoms with Crippen LogP contribution in [-0.4, -0.2) is 33.7 Å². The molecule has 1 aromatic rings. The van der Waals surface area contributed by atoms with Crippen molar-refractivity contribution in [1.82, 2.24) is 14.7 Å². The minimum absolute atomic E-state index is 0. The number of aryl methyl sites for hydroxylation is 1. The Morgan fingerprint density at radius 1 is 1.40 bits per heavy atom. The average Bonchev–Trinajstić information content (AvgIpc) is 2.69. The predicted octanol–water partition coefficient (Wildman–Crippen LogP) is 2.21. The summed E-state index contributed by atoms with van der Waals surface area (Å²) in [7, 11) is 1.44. The molecule has 1 aromatic heterocycles. The van der Waals surface area contributed by atoms with E-state index in [9.17, 15) is 13.2 Å². The molecule has 0 aliphatic rings. The zero-order valence-electron chi connectivity index (χ0n) is 11.6. The van der Waals surface area contributed by atoms with Gasteiger partial charge in [-0.25, -0.2) is 4.99 Å². The van der Waals surface area contributed by atoms with Gasteiger partial charge in [0.25, 0.3) is 0 Å². The van der Waals surface area contributed by atoms with Gasteiger partial charge in [-0.2, -0.15) is 18.3 Å². The number of alkyl halides is 3. The molecule has 9 heteroatoms. The smallest absolute Gasteiger partial charge is 0.370 e. The fraction of sp³-hybridized carbons (Fsp3) is 0.636. The van der Waals surface area contributed by atoms with E-state index in [1.165, 1.54) is 13.2 Å². The molecule has 0 bridgehead atoms. The Morgan fingerprint density at radius 2 is 1.95 bits per heavy atom. The van der Waals surface area contributed by atoms with Crippen LogP contribution >= 0.6 is 24.0 Å². The monoisotopic (exact) mass is 405 g/mol. The number of aromatic nitrogens is 2. The minimum atomic E-state index is -4.48. The van der Waals surface area contributed by atoms with E-state index < -0.39 is 11.9 Å². The zero-order chi connectivity index (χ0) is 14.6. The third-order valence-electron chi connectivity index (χ3n) is 2.67. The first-order valence-electron chi connectivity index (χ1n) is 5.94. The van der Waals surface area contributed by atoms with Crippen LogP contribution in [0.5, 0.6) is 0 Å². The number of rotatable bonds is 4. The molecule has 1 heterocycles. The molecule has 0 fully saturated rings. The maximum absolute atomic E-state index is 12.7. The van der Waals surface area contributed by atoms with Crippen molar-refractivity contribution in [1.29, 1.82) is 0 Å². The fourth-order valence-corrected chi connectivity index (χ4v) is 1.71. The van der Waals surface area contributed by atoms with Crippen LogP contribution in [0.25, 0.3) is 0 Å². The Balaban J connectivity index is 0.00000361. The first kappa shape index (κ1) is 19.0. The topological polar surface area (TPSA) is 59.4 Å². The molecule has 2 N–H and O–H groups in total. The van der Waals surface area contributed by atoms with Crippen LogP contribution in [0.4, 0.5) is 13.2 Å². The molecule has 116 valence electrons. The summed E-state index contributed by atoms with van der Waals surface area (Å²) in [6.07, 6.45) is -3.17. The summed E-state index contributed by atoms with van der Waals surface area (Å²) in [5.41, 5.74) is 4.83. The van der Waals surface area contributed by atoms with Crippen molar-refractivity contribution in [2.24, 2.45) is 17.8 Å². The highest BCUT2D eigenvalue weighted by molar-refractivity contribution is 14.0. The normalized spacial score (nSPS) is 12.2. The van der Waals surface area contributed by atoms with Gasteiger partial charge in [0, 0.05) is 31.9 Å².